The van der Waals surface area contributed by atoms with Crippen molar-refractivity contribution in [2.45, 2.75) is 6.54 Å². The van der Waals surface area contributed by atoms with Gasteiger partial charge in [0.2, 0.25) is 0 Å². The molecule has 0 unspecified atom stereocenters. The van der Waals surface area contributed by atoms with E-state index < -0.39 is 4.92 Å². The van der Waals surface area contributed by atoms with Crippen LogP contribution in [0.1, 0.15) is 15.9 Å². The molecule has 0 radical (unpaired) electrons. The van der Waals surface area contributed by atoms with Gasteiger partial charge in [0.05, 0.1) is 12.0 Å². The first-order valence-corrected chi connectivity index (χ1v) is 7.54. The van der Waals surface area contributed by atoms with Crippen LogP contribution in [-0.4, -0.2) is 29.9 Å². The molecule has 0 saturated carbocycles. The molecule has 120 valence electrons. The van der Waals surface area contributed by atoms with E-state index in [1.807, 2.05) is 24.3 Å². The molecule has 2 aromatic rings. The van der Waals surface area contributed by atoms with Crippen molar-refractivity contribution in [1.29, 1.82) is 0 Å². The number of halogens is 1. The van der Waals surface area contributed by atoms with Gasteiger partial charge < -0.3 is 9.64 Å². The summed E-state index contributed by atoms with van der Waals surface area (Å²) >= 11 is 3.44. The Morgan fingerprint density at radius 2 is 2.00 bits per heavy atom. The lowest BCUT2D eigenvalue weighted by Gasteiger charge is -2.18. The highest BCUT2D eigenvalue weighted by Gasteiger charge is 2.20. The Morgan fingerprint density at radius 3 is 2.61 bits per heavy atom. The number of hydrogen-bond donors (Lipinski definition) is 0. The van der Waals surface area contributed by atoms with Crippen LogP contribution in [0.5, 0.6) is 5.75 Å². The van der Waals surface area contributed by atoms with Gasteiger partial charge in [-0.25, -0.2) is 0 Å². The van der Waals surface area contributed by atoms with Gasteiger partial charge in [-0.05, 0) is 23.8 Å². The summed E-state index contributed by atoms with van der Waals surface area (Å²) in [5.74, 6) is -0.175. The largest absolute Gasteiger partial charge is 0.490 e. The number of carbonyl (C=O) groups is 1. The molecule has 0 fully saturated rings. The molecule has 0 N–H and O–H groups in total. The molecule has 2 rings (SSSR count). The molecular weight excluding hydrogens is 364 g/mol. The predicted octanol–water partition coefficient (Wildman–Crippen LogP) is 3.64. The minimum atomic E-state index is -0.566. The van der Waals surface area contributed by atoms with Crippen LogP contribution in [0.2, 0.25) is 0 Å². The second-order valence-corrected chi connectivity index (χ2v) is 5.75. The number of ether oxygens (including phenoxy) is 1. The third-order valence-corrected chi connectivity index (χ3v) is 4.11. The van der Waals surface area contributed by atoms with Crippen molar-refractivity contribution in [1.82, 2.24) is 4.90 Å². The number of carbonyl (C=O) groups excluding carboxylic acids is 1. The molecule has 0 saturated heterocycles. The number of nitrogens with zero attached hydrogens (tertiary/aromatic N) is 2. The van der Waals surface area contributed by atoms with Crippen LogP contribution in [-0.2, 0) is 6.54 Å². The average Bonchev–Trinajstić information content (AvgIpc) is 2.55. The third-order valence-electron chi connectivity index (χ3n) is 3.33. The van der Waals surface area contributed by atoms with Crippen molar-refractivity contribution < 1.29 is 14.5 Å². The number of nitro benzene ring substituents is 1. The summed E-state index contributed by atoms with van der Waals surface area (Å²) in [5, 5.41) is 11.1. The van der Waals surface area contributed by atoms with Gasteiger partial charge in [-0.3, -0.25) is 14.9 Å². The zero-order chi connectivity index (χ0) is 17.0. The number of hydrogen-bond acceptors (Lipinski definition) is 4. The Balaban J connectivity index is 2.24. The Bertz CT molecular complexity index is 749. The monoisotopic (exact) mass is 378 g/mol. The smallest absolute Gasteiger partial charge is 0.311 e. The highest BCUT2D eigenvalue weighted by atomic mass is 79.9. The minimum absolute atomic E-state index is 0.125. The number of nitro groups is 1. The van der Waals surface area contributed by atoms with Crippen molar-refractivity contribution in [3.8, 4) is 5.75 Å². The lowest BCUT2D eigenvalue weighted by molar-refractivity contribution is -0.385. The topological polar surface area (TPSA) is 72.7 Å². The molecule has 0 atom stereocenters. The fraction of sp³-hybridized carbons (Fsp3) is 0.188. The molecule has 0 aliphatic carbocycles. The summed E-state index contributed by atoms with van der Waals surface area (Å²) in [7, 11) is 3.00. The second-order valence-electron chi connectivity index (χ2n) is 4.90. The number of amides is 1. The maximum atomic E-state index is 12.5. The van der Waals surface area contributed by atoms with Crippen LogP contribution in [0.25, 0.3) is 0 Å². The zero-order valence-electron chi connectivity index (χ0n) is 12.7. The summed E-state index contributed by atoms with van der Waals surface area (Å²) in [5.41, 5.74) is 0.964. The van der Waals surface area contributed by atoms with E-state index in [4.69, 9.17) is 4.74 Å². The molecule has 0 spiro atoms. The molecule has 0 aliphatic rings. The highest BCUT2D eigenvalue weighted by Crippen LogP contribution is 2.28. The lowest BCUT2D eigenvalue weighted by atomic mass is 10.1. The van der Waals surface area contributed by atoms with Gasteiger partial charge in [-0.15, -0.1) is 0 Å². The van der Waals surface area contributed by atoms with Gasteiger partial charge in [-0.2, -0.15) is 0 Å². The van der Waals surface area contributed by atoms with Crippen molar-refractivity contribution in [3.63, 3.8) is 0 Å². The molecule has 2 aromatic carbocycles. The van der Waals surface area contributed by atoms with Crippen LogP contribution >= 0.6 is 15.9 Å². The van der Waals surface area contributed by atoms with Crippen LogP contribution in [0.15, 0.2) is 46.9 Å². The van der Waals surface area contributed by atoms with E-state index in [0.29, 0.717) is 6.54 Å². The maximum Gasteiger partial charge on any atom is 0.311 e. The predicted molar refractivity (Wildman–Crippen MR) is 89.6 cm³/mol. The van der Waals surface area contributed by atoms with Crippen molar-refractivity contribution in [3.05, 3.63) is 68.2 Å². The lowest BCUT2D eigenvalue weighted by Crippen LogP contribution is -2.26. The number of benzene rings is 2. The molecule has 1 amide bonds. The maximum absolute atomic E-state index is 12.5. The fourth-order valence-corrected chi connectivity index (χ4v) is 2.55. The molecule has 0 bridgehead atoms. The molecule has 0 heterocycles. The van der Waals surface area contributed by atoms with E-state index in [0.717, 1.165) is 10.0 Å². The summed E-state index contributed by atoms with van der Waals surface area (Å²) in [6.07, 6.45) is 0. The normalized spacial score (nSPS) is 10.2. The molecule has 0 aromatic heterocycles. The van der Waals surface area contributed by atoms with Crippen molar-refractivity contribution in [2.24, 2.45) is 0 Å². The Morgan fingerprint density at radius 1 is 1.30 bits per heavy atom. The Labute approximate surface area is 142 Å². The first kappa shape index (κ1) is 17.0. The van der Waals surface area contributed by atoms with Crippen molar-refractivity contribution >= 4 is 27.5 Å². The van der Waals surface area contributed by atoms with E-state index in [1.54, 1.807) is 7.05 Å². The van der Waals surface area contributed by atoms with E-state index >= 15 is 0 Å². The minimum Gasteiger partial charge on any atom is -0.490 e. The van der Waals surface area contributed by atoms with Gasteiger partial charge in [0.25, 0.3) is 5.91 Å². The van der Waals surface area contributed by atoms with Gasteiger partial charge in [0.1, 0.15) is 0 Å². The first-order valence-electron chi connectivity index (χ1n) is 6.75. The van der Waals surface area contributed by atoms with Crippen LogP contribution in [0.3, 0.4) is 0 Å². The van der Waals surface area contributed by atoms with Gasteiger partial charge >= 0.3 is 5.69 Å². The van der Waals surface area contributed by atoms with E-state index in [2.05, 4.69) is 15.9 Å². The van der Waals surface area contributed by atoms with E-state index in [9.17, 15) is 14.9 Å². The van der Waals surface area contributed by atoms with E-state index in [1.165, 1.54) is 30.2 Å². The standard InChI is InChI=1S/C16H15BrN2O4/c1-18(10-12-5-3-4-6-13(12)17)16(20)11-7-8-15(23-2)14(9-11)19(21)22/h3-9H,10H2,1-2H3. The molecule has 23 heavy (non-hydrogen) atoms. The quantitative estimate of drug-likeness (QED) is 0.587. The number of rotatable bonds is 5. The van der Waals surface area contributed by atoms with Crippen LogP contribution in [0, 0.1) is 10.1 Å². The van der Waals surface area contributed by atoms with Gasteiger partial charge in [0, 0.05) is 29.7 Å². The van der Waals surface area contributed by atoms with E-state index in [-0.39, 0.29) is 22.9 Å². The fourth-order valence-electron chi connectivity index (χ4n) is 2.14. The van der Waals surface area contributed by atoms with Gasteiger partial charge in [0.15, 0.2) is 5.75 Å². The second kappa shape index (κ2) is 7.23. The number of methoxy groups -OCH3 is 1. The van der Waals surface area contributed by atoms with Crippen LogP contribution in [0.4, 0.5) is 5.69 Å². The summed E-state index contributed by atoms with van der Waals surface area (Å²) in [6.45, 7) is 0.389. The molecule has 6 nitrogen and oxygen atoms in total. The van der Waals surface area contributed by atoms with Crippen molar-refractivity contribution in [2.75, 3.05) is 14.2 Å². The SMILES string of the molecule is COc1ccc(C(=O)N(C)Cc2ccccc2Br)cc1[N+](=O)[O-]. The molecular formula is C16H15BrN2O4. The Kier molecular flexibility index (Phi) is 5.33. The van der Waals surface area contributed by atoms with Gasteiger partial charge in [-0.1, -0.05) is 34.1 Å². The summed E-state index contributed by atoms with van der Waals surface area (Å²) in [6, 6.07) is 11.8. The van der Waals surface area contributed by atoms with Crippen LogP contribution < -0.4 is 4.74 Å². The molecule has 7 heteroatoms. The summed E-state index contributed by atoms with van der Waals surface area (Å²) in [4.78, 5) is 24.5. The summed E-state index contributed by atoms with van der Waals surface area (Å²) < 4.78 is 5.84. The Hall–Kier alpha value is -2.41. The third kappa shape index (κ3) is 3.87. The average molecular weight is 379 g/mol. The zero-order valence-corrected chi connectivity index (χ0v) is 14.2. The first-order chi connectivity index (χ1) is 10.9. The molecule has 0 aliphatic heterocycles. The highest BCUT2D eigenvalue weighted by molar-refractivity contribution is 9.10.